The van der Waals surface area contributed by atoms with Crippen LogP contribution < -0.4 is 4.74 Å². The minimum atomic E-state index is -0.139. The first-order chi connectivity index (χ1) is 14.6. The van der Waals surface area contributed by atoms with E-state index in [9.17, 15) is 9.59 Å². The van der Waals surface area contributed by atoms with Gasteiger partial charge >= 0.3 is 0 Å². The summed E-state index contributed by atoms with van der Waals surface area (Å²) in [5, 5.41) is 2.75. The maximum atomic E-state index is 13.3. The van der Waals surface area contributed by atoms with Gasteiger partial charge in [-0.15, -0.1) is 11.3 Å². The fourth-order valence-corrected chi connectivity index (χ4v) is 5.21. The molecular weight excluding hydrogens is 420 g/mol. The topological polar surface area (TPSA) is 49.9 Å². The van der Waals surface area contributed by atoms with E-state index in [-0.39, 0.29) is 36.4 Å². The summed E-state index contributed by atoms with van der Waals surface area (Å²) in [6.07, 6.45) is 4.83. The molecule has 1 aliphatic heterocycles. The molecule has 3 aliphatic rings. The Labute approximate surface area is 185 Å². The van der Waals surface area contributed by atoms with Crippen LogP contribution in [0, 0.1) is 5.92 Å². The number of hydrogen-bond acceptors (Lipinski definition) is 4. The van der Waals surface area contributed by atoms with Crippen molar-refractivity contribution < 1.29 is 14.3 Å². The van der Waals surface area contributed by atoms with Crippen LogP contribution in [0.5, 0.6) is 5.75 Å². The Morgan fingerprint density at radius 3 is 2.60 bits per heavy atom. The summed E-state index contributed by atoms with van der Waals surface area (Å²) in [5.41, 5.74) is 1.17. The number of carbonyl (C=O) groups excluding carboxylic acids is 2. The van der Waals surface area contributed by atoms with E-state index in [1.54, 1.807) is 23.5 Å². The molecule has 2 fully saturated rings. The number of ether oxygens (including phenoxy) is 1. The maximum absolute atomic E-state index is 13.3. The number of fused-ring (bicyclic) bond motifs is 1. The fourth-order valence-electron chi connectivity index (χ4n) is 4.16. The highest BCUT2D eigenvalue weighted by atomic mass is 35.5. The zero-order chi connectivity index (χ0) is 20.7. The first-order valence-corrected chi connectivity index (χ1v) is 11.9. The molecule has 2 aliphatic carbocycles. The molecule has 2 aromatic rings. The van der Waals surface area contributed by atoms with Crippen LogP contribution in [-0.2, 0) is 16.0 Å². The average Bonchev–Trinajstić information content (AvgIpc) is 3.68. The van der Waals surface area contributed by atoms with Crippen LogP contribution in [0.2, 0.25) is 5.02 Å². The van der Waals surface area contributed by atoms with Crippen LogP contribution in [0.15, 0.2) is 35.7 Å². The monoisotopic (exact) mass is 444 g/mol. The molecule has 1 atom stereocenters. The van der Waals surface area contributed by atoms with Crippen LogP contribution in [0.3, 0.4) is 0 Å². The van der Waals surface area contributed by atoms with E-state index in [2.05, 4.69) is 11.4 Å². The Morgan fingerprint density at radius 1 is 1.13 bits per heavy atom. The van der Waals surface area contributed by atoms with Gasteiger partial charge in [-0.25, -0.2) is 0 Å². The molecular formula is C23H25ClN2O3S. The van der Waals surface area contributed by atoms with Crippen LogP contribution in [0.25, 0.3) is 0 Å². The quantitative estimate of drug-likeness (QED) is 0.639. The van der Waals surface area contributed by atoms with Gasteiger partial charge in [0.1, 0.15) is 18.9 Å². The van der Waals surface area contributed by atoms with Gasteiger partial charge < -0.3 is 14.5 Å². The number of halogens is 1. The van der Waals surface area contributed by atoms with Crippen molar-refractivity contribution in [2.45, 2.75) is 44.2 Å². The third-order valence-electron chi connectivity index (χ3n) is 6.14. The largest absolute Gasteiger partial charge is 0.491 e. The van der Waals surface area contributed by atoms with E-state index in [1.807, 2.05) is 21.9 Å². The van der Waals surface area contributed by atoms with Crippen molar-refractivity contribution >= 4 is 34.8 Å². The van der Waals surface area contributed by atoms with E-state index < -0.39 is 0 Å². The van der Waals surface area contributed by atoms with E-state index in [1.165, 1.54) is 10.4 Å². The first kappa shape index (κ1) is 19.9. The number of rotatable bonds is 7. The van der Waals surface area contributed by atoms with Crippen molar-refractivity contribution in [2.75, 3.05) is 19.7 Å². The highest BCUT2D eigenvalue weighted by Gasteiger charge is 2.42. The summed E-state index contributed by atoms with van der Waals surface area (Å²) in [6.45, 7) is 1.24. The number of benzene rings is 1. The lowest BCUT2D eigenvalue weighted by Crippen LogP contribution is -2.48. The van der Waals surface area contributed by atoms with Gasteiger partial charge in [-0.2, -0.15) is 0 Å². The second-order valence-electron chi connectivity index (χ2n) is 8.39. The molecule has 7 heteroatoms. The molecule has 0 spiro atoms. The maximum Gasteiger partial charge on any atom is 0.242 e. The molecule has 5 rings (SSSR count). The summed E-state index contributed by atoms with van der Waals surface area (Å²) >= 11 is 7.71. The van der Waals surface area contributed by atoms with E-state index in [0.717, 1.165) is 37.9 Å². The molecule has 158 valence electrons. The second-order valence-corrected chi connectivity index (χ2v) is 9.83. The van der Waals surface area contributed by atoms with Gasteiger partial charge in [-0.3, -0.25) is 9.59 Å². The molecule has 0 bridgehead atoms. The van der Waals surface area contributed by atoms with Gasteiger partial charge in [0.25, 0.3) is 0 Å². The minimum Gasteiger partial charge on any atom is -0.491 e. The molecule has 0 radical (unpaired) electrons. The standard InChI is InChI=1S/C23H25ClN2O3S/c24-16-3-7-18(8-4-16)29-14-20-19-10-12-30-21(19)9-11-25(20)22(27)13-26(17-5-6-17)23(28)15-1-2-15/h3-4,7-8,10,12,15,17,20H,1-2,5-6,9,11,13-14H2/t20-/m0/s1. The van der Waals surface area contributed by atoms with E-state index >= 15 is 0 Å². The van der Waals surface area contributed by atoms with Gasteiger partial charge in [0, 0.05) is 28.4 Å². The predicted molar refractivity (Wildman–Crippen MR) is 117 cm³/mol. The number of nitrogens with zero attached hydrogens (tertiary/aromatic N) is 2. The van der Waals surface area contributed by atoms with Crippen molar-refractivity contribution in [3.63, 3.8) is 0 Å². The van der Waals surface area contributed by atoms with Crippen LogP contribution in [-0.4, -0.2) is 47.4 Å². The summed E-state index contributed by atoms with van der Waals surface area (Å²) in [7, 11) is 0. The van der Waals surface area contributed by atoms with Crippen molar-refractivity contribution in [1.29, 1.82) is 0 Å². The Balaban J connectivity index is 1.32. The van der Waals surface area contributed by atoms with Crippen LogP contribution in [0.4, 0.5) is 0 Å². The van der Waals surface area contributed by atoms with Gasteiger partial charge in [-0.05, 0) is 73.4 Å². The SMILES string of the molecule is O=C(C1CC1)N(CC(=O)N1CCc2sccc2[C@@H]1COc1ccc(Cl)cc1)C1CC1. The molecule has 0 unspecified atom stereocenters. The molecule has 0 N–H and O–H groups in total. The molecule has 1 aromatic heterocycles. The number of amides is 2. The van der Waals surface area contributed by atoms with Crippen molar-refractivity contribution in [1.82, 2.24) is 9.80 Å². The lowest BCUT2D eigenvalue weighted by atomic mass is 10.0. The molecule has 2 saturated carbocycles. The lowest BCUT2D eigenvalue weighted by Gasteiger charge is -2.37. The summed E-state index contributed by atoms with van der Waals surface area (Å²) in [6, 6.07) is 9.50. The Bertz CT molecular complexity index is 936. The summed E-state index contributed by atoms with van der Waals surface area (Å²) in [5.74, 6) is 1.08. The van der Waals surface area contributed by atoms with Gasteiger partial charge in [0.15, 0.2) is 0 Å². The zero-order valence-corrected chi connectivity index (χ0v) is 18.3. The van der Waals surface area contributed by atoms with Crippen LogP contribution in [0.1, 0.15) is 42.2 Å². The predicted octanol–water partition coefficient (Wildman–Crippen LogP) is 4.31. The molecule has 1 aromatic carbocycles. The molecule has 2 heterocycles. The second kappa shape index (κ2) is 8.23. The number of carbonyl (C=O) groups is 2. The Hall–Kier alpha value is -2.05. The third-order valence-corrected chi connectivity index (χ3v) is 7.39. The van der Waals surface area contributed by atoms with Gasteiger partial charge in [0.05, 0.1) is 6.04 Å². The molecule has 2 amide bonds. The number of hydrogen-bond donors (Lipinski definition) is 0. The molecule has 5 nitrogen and oxygen atoms in total. The third kappa shape index (κ3) is 4.21. The Morgan fingerprint density at radius 2 is 1.90 bits per heavy atom. The highest BCUT2D eigenvalue weighted by Crippen LogP contribution is 2.37. The van der Waals surface area contributed by atoms with Crippen LogP contribution >= 0.6 is 22.9 Å². The zero-order valence-electron chi connectivity index (χ0n) is 16.8. The van der Waals surface area contributed by atoms with Gasteiger partial charge in [-0.1, -0.05) is 11.6 Å². The van der Waals surface area contributed by atoms with Crippen molar-refractivity contribution in [3.8, 4) is 5.75 Å². The Kier molecular flexibility index (Phi) is 5.46. The van der Waals surface area contributed by atoms with Crippen molar-refractivity contribution in [3.05, 3.63) is 51.2 Å². The van der Waals surface area contributed by atoms with E-state index in [4.69, 9.17) is 16.3 Å². The number of thiophene rings is 1. The minimum absolute atomic E-state index is 0.0254. The van der Waals surface area contributed by atoms with E-state index in [0.29, 0.717) is 18.2 Å². The molecule has 30 heavy (non-hydrogen) atoms. The average molecular weight is 445 g/mol. The smallest absolute Gasteiger partial charge is 0.242 e. The normalized spacial score (nSPS) is 20.6. The lowest BCUT2D eigenvalue weighted by molar-refractivity contribution is -0.143. The van der Waals surface area contributed by atoms with Crippen molar-refractivity contribution in [2.24, 2.45) is 5.92 Å². The van der Waals surface area contributed by atoms with Gasteiger partial charge in [0.2, 0.25) is 11.8 Å². The fraction of sp³-hybridized carbons (Fsp3) is 0.478. The highest BCUT2D eigenvalue weighted by molar-refractivity contribution is 7.10. The summed E-state index contributed by atoms with van der Waals surface area (Å²) < 4.78 is 6.04. The first-order valence-electron chi connectivity index (χ1n) is 10.6. The molecule has 0 saturated heterocycles. The summed E-state index contributed by atoms with van der Waals surface area (Å²) in [4.78, 5) is 31.1.